The normalized spacial score (nSPS) is 19.7. The Balaban J connectivity index is 1.29. The number of likely N-dealkylation sites (tertiary alicyclic amines) is 1. The lowest BCUT2D eigenvalue weighted by Gasteiger charge is -2.38. The van der Waals surface area contributed by atoms with Gasteiger partial charge in [0, 0.05) is 54.0 Å². The largest absolute Gasteiger partial charge is 0.497 e. The molecule has 8 heteroatoms. The summed E-state index contributed by atoms with van der Waals surface area (Å²) in [5.74, 6) is 1.04. The molecule has 188 valence electrons. The lowest BCUT2D eigenvalue weighted by atomic mass is 9.81. The Morgan fingerprint density at radius 3 is 2.71 bits per heavy atom. The molecule has 1 unspecified atom stereocenters. The number of methoxy groups -OCH3 is 1. The zero-order valence-electron chi connectivity index (χ0n) is 20.0. The van der Waals surface area contributed by atoms with E-state index in [1.165, 1.54) is 23.9 Å². The Kier molecular flexibility index (Phi) is 8.94. The van der Waals surface area contributed by atoms with Gasteiger partial charge in [0.25, 0.3) is 0 Å². The summed E-state index contributed by atoms with van der Waals surface area (Å²) < 4.78 is 32.2. The quantitative estimate of drug-likeness (QED) is 0.380. The first-order valence-corrected chi connectivity index (χ1v) is 13.1. The number of benzene rings is 2. The second-order valence-electron chi connectivity index (χ2n) is 9.21. The molecule has 3 aromatic rings. The molecule has 5 nitrogen and oxygen atoms in total. The minimum atomic E-state index is -0.550. The van der Waals surface area contributed by atoms with E-state index >= 15 is 0 Å². The summed E-state index contributed by atoms with van der Waals surface area (Å²) in [4.78, 5) is 7.39. The van der Waals surface area contributed by atoms with E-state index in [-0.39, 0.29) is 18.6 Å². The third-order valence-electron chi connectivity index (χ3n) is 6.95. The van der Waals surface area contributed by atoms with Gasteiger partial charge < -0.3 is 20.5 Å². The number of rotatable bonds is 10. The number of piperidine rings is 1. The SMILES string of the molecule is COc1ccc2nccc(C(N)CC[C@@H]3CCN(CCSc4cc(F)cc(F)c4)C[C@@H]3CO)c2c1. The van der Waals surface area contributed by atoms with Crippen molar-refractivity contribution >= 4 is 22.7 Å². The smallest absolute Gasteiger partial charge is 0.127 e. The average Bonchev–Trinajstić information content (AvgIpc) is 2.86. The van der Waals surface area contributed by atoms with Gasteiger partial charge in [-0.15, -0.1) is 11.8 Å². The molecule has 0 amide bonds. The average molecular weight is 502 g/mol. The molecule has 3 N–H and O–H groups in total. The van der Waals surface area contributed by atoms with Crippen LogP contribution in [0.4, 0.5) is 8.78 Å². The van der Waals surface area contributed by atoms with Crippen LogP contribution in [-0.2, 0) is 0 Å². The Labute approximate surface area is 209 Å². The van der Waals surface area contributed by atoms with Gasteiger partial charge in [0.1, 0.15) is 17.4 Å². The number of ether oxygens (including phenoxy) is 1. The van der Waals surface area contributed by atoms with Crippen molar-refractivity contribution in [3.8, 4) is 5.75 Å². The lowest BCUT2D eigenvalue weighted by molar-refractivity contribution is 0.0701. The van der Waals surface area contributed by atoms with Gasteiger partial charge in [-0.05, 0) is 79.6 Å². The van der Waals surface area contributed by atoms with Crippen molar-refractivity contribution in [1.82, 2.24) is 9.88 Å². The summed E-state index contributed by atoms with van der Waals surface area (Å²) in [6.45, 7) is 2.73. The van der Waals surface area contributed by atoms with Crippen LogP contribution in [0, 0.1) is 23.5 Å². The van der Waals surface area contributed by atoms with Gasteiger partial charge >= 0.3 is 0 Å². The van der Waals surface area contributed by atoms with Crippen molar-refractivity contribution in [2.75, 3.05) is 39.1 Å². The van der Waals surface area contributed by atoms with E-state index in [0.29, 0.717) is 10.8 Å². The summed E-state index contributed by atoms with van der Waals surface area (Å²) in [6.07, 6.45) is 4.58. The highest BCUT2D eigenvalue weighted by Gasteiger charge is 2.29. The van der Waals surface area contributed by atoms with Crippen molar-refractivity contribution in [3.05, 3.63) is 65.9 Å². The number of halogens is 2. The first-order chi connectivity index (χ1) is 17.0. The highest BCUT2D eigenvalue weighted by molar-refractivity contribution is 7.99. The number of thioether (sulfide) groups is 1. The Hall–Kier alpha value is -2.26. The van der Waals surface area contributed by atoms with E-state index in [1.54, 1.807) is 13.3 Å². The van der Waals surface area contributed by atoms with E-state index < -0.39 is 11.6 Å². The molecule has 0 radical (unpaired) electrons. The molecule has 2 aromatic carbocycles. The molecular weight excluding hydrogens is 468 g/mol. The van der Waals surface area contributed by atoms with Gasteiger partial charge in [-0.3, -0.25) is 4.98 Å². The second kappa shape index (κ2) is 12.1. The molecule has 3 atom stereocenters. The zero-order valence-corrected chi connectivity index (χ0v) is 20.8. The number of nitrogens with zero attached hydrogens (tertiary/aromatic N) is 2. The molecule has 1 saturated heterocycles. The predicted octanol–water partition coefficient (Wildman–Crippen LogP) is 5.02. The summed E-state index contributed by atoms with van der Waals surface area (Å²) in [5.41, 5.74) is 8.60. The third-order valence-corrected chi connectivity index (χ3v) is 7.91. The van der Waals surface area contributed by atoms with Crippen molar-refractivity contribution < 1.29 is 18.6 Å². The number of pyridine rings is 1. The van der Waals surface area contributed by atoms with Crippen molar-refractivity contribution in [2.45, 2.75) is 30.2 Å². The molecule has 4 rings (SSSR count). The molecule has 1 aliphatic rings. The fourth-order valence-corrected chi connectivity index (χ4v) is 5.97. The first-order valence-electron chi connectivity index (χ1n) is 12.1. The predicted molar refractivity (Wildman–Crippen MR) is 137 cm³/mol. The molecule has 0 bridgehead atoms. The maximum atomic E-state index is 13.4. The van der Waals surface area contributed by atoms with Gasteiger partial charge in [-0.2, -0.15) is 0 Å². The second-order valence-corrected chi connectivity index (χ2v) is 10.4. The Bertz CT molecular complexity index is 1110. The van der Waals surface area contributed by atoms with E-state index in [1.807, 2.05) is 24.3 Å². The van der Waals surface area contributed by atoms with E-state index in [0.717, 1.165) is 72.9 Å². The fraction of sp³-hybridized carbons (Fsp3) is 0.444. The maximum Gasteiger partial charge on any atom is 0.127 e. The zero-order chi connectivity index (χ0) is 24.8. The van der Waals surface area contributed by atoms with Crippen LogP contribution in [-0.4, -0.2) is 54.1 Å². The minimum Gasteiger partial charge on any atom is -0.497 e. The number of aliphatic hydroxyl groups excluding tert-OH is 1. The molecular formula is C27H33F2N3O2S. The number of hydrogen-bond donors (Lipinski definition) is 2. The van der Waals surface area contributed by atoms with Crippen LogP contribution in [0.15, 0.2) is 53.6 Å². The van der Waals surface area contributed by atoms with Gasteiger partial charge in [0.15, 0.2) is 0 Å². The highest BCUT2D eigenvalue weighted by atomic mass is 32.2. The van der Waals surface area contributed by atoms with Crippen molar-refractivity contribution in [1.29, 1.82) is 0 Å². The summed E-state index contributed by atoms with van der Waals surface area (Å²) in [7, 11) is 1.65. The number of aliphatic hydroxyl groups is 1. The maximum absolute atomic E-state index is 13.4. The molecule has 35 heavy (non-hydrogen) atoms. The third kappa shape index (κ3) is 6.70. The van der Waals surface area contributed by atoms with E-state index in [2.05, 4.69) is 9.88 Å². The van der Waals surface area contributed by atoms with E-state index in [4.69, 9.17) is 10.5 Å². The van der Waals surface area contributed by atoms with Crippen LogP contribution in [0.1, 0.15) is 30.9 Å². The minimum absolute atomic E-state index is 0.118. The Morgan fingerprint density at radius 1 is 1.17 bits per heavy atom. The monoisotopic (exact) mass is 501 g/mol. The molecule has 2 heterocycles. The van der Waals surface area contributed by atoms with Gasteiger partial charge in [0.2, 0.25) is 0 Å². The van der Waals surface area contributed by atoms with Crippen molar-refractivity contribution in [3.63, 3.8) is 0 Å². The molecule has 1 aromatic heterocycles. The molecule has 0 aliphatic carbocycles. The topological polar surface area (TPSA) is 71.6 Å². The number of aromatic nitrogens is 1. The molecule has 1 aliphatic heterocycles. The van der Waals surface area contributed by atoms with Gasteiger partial charge in [0.05, 0.1) is 12.6 Å². The van der Waals surface area contributed by atoms with Crippen LogP contribution in [0.25, 0.3) is 10.9 Å². The highest BCUT2D eigenvalue weighted by Crippen LogP contribution is 2.33. The standard InChI is InChI=1S/C27H33F2N3O2S/c1-34-22-3-5-27-25(15-22)24(6-8-31-27)26(30)4-2-18-7-9-32(16-19(18)17-33)10-11-35-23-13-20(28)12-21(29)14-23/h3,5-6,8,12-15,18-19,26,33H,2,4,7,9-11,16-17,30H2,1H3/t18-,19-,26?/m1/s1. The van der Waals surface area contributed by atoms with Crippen LogP contribution >= 0.6 is 11.8 Å². The molecule has 1 fully saturated rings. The summed E-state index contributed by atoms with van der Waals surface area (Å²) in [5, 5.41) is 11.1. The fourth-order valence-electron chi connectivity index (χ4n) is 5.00. The summed E-state index contributed by atoms with van der Waals surface area (Å²) in [6, 6.07) is 11.3. The van der Waals surface area contributed by atoms with Crippen LogP contribution in [0.2, 0.25) is 0 Å². The van der Waals surface area contributed by atoms with Crippen LogP contribution in [0.5, 0.6) is 5.75 Å². The number of fused-ring (bicyclic) bond motifs is 1. The number of nitrogens with two attached hydrogens (primary N) is 1. The summed E-state index contributed by atoms with van der Waals surface area (Å²) >= 11 is 1.45. The van der Waals surface area contributed by atoms with Crippen molar-refractivity contribution in [2.24, 2.45) is 17.6 Å². The van der Waals surface area contributed by atoms with Gasteiger partial charge in [-0.1, -0.05) is 0 Å². The van der Waals surface area contributed by atoms with Crippen LogP contribution < -0.4 is 10.5 Å². The van der Waals surface area contributed by atoms with Gasteiger partial charge in [-0.25, -0.2) is 8.78 Å². The Morgan fingerprint density at radius 2 is 1.97 bits per heavy atom. The number of hydrogen-bond acceptors (Lipinski definition) is 6. The lowest BCUT2D eigenvalue weighted by Crippen LogP contribution is -2.43. The first kappa shape index (κ1) is 25.8. The van der Waals surface area contributed by atoms with E-state index in [9.17, 15) is 13.9 Å². The molecule has 0 spiro atoms. The van der Waals surface area contributed by atoms with Crippen LogP contribution in [0.3, 0.4) is 0 Å². The molecule has 0 saturated carbocycles.